The number of carboxylic acid groups (broad SMARTS) is 1. The fourth-order valence-electron chi connectivity index (χ4n) is 6.40. The number of para-hydroxylation sites is 1. The topological polar surface area (TPSA) is 123 Å². The number of benzene rings is 1. The first-order chi connectivity index (χ1) is 15.9. The molecular formula is C24H30N4O6. The molecule has 2 N–H and O–H groups in total. The maximum absolute atomic E-state index is 13.2. The van der Waals surface area contributed by atoms with Crippen LogP contribution in [0.15, 0.2) is 23.0 Å². The van der Waals surface area contributed by atoms with Gasteiger partial charge in [0.15, 0.2) is 0 Å². The lowest BCUT2D eigenvalue weighted by atomic mass is 9.67. The summed E-state index contributed by atoms with van der Waals surface area (Å²) in [5.74, 6) is -0.809. The van der Waals surface area contributed by atoms with Crippen LogP contribution < -0.4 is 11.0 Å². The molecule has 4 heterocycles. The molecule has 3 amide bonds. The third-order valence-electron chi connectivity index (χ3n) is 7.57. The van der Waals surface area contributed by atoms with E-state index >= 15 is 0 Å². The normalized spacial score (nSPS) is 29.5. The smallest absolute Gasteiger partial charge is 0.407 e. The number of piperidine rings is 1. The van der Waals surface area contributed by atoms with Crippen LogP contribution in [0.5, 0.6) is 0 Å². The lowest BCUT2D eigenvalue weighted by molar-refractivity contribution is -0.178. The molecule has 0 aliphatic carbocycles. The SMILES string of the molecule is Cn1c(=O)n(C2CCC(=O)NC2=O)c2cccc(C3COC4(C3)CN(C(=O)O)C4C(C)(C)C)c21. The summed E-state index contributed by atoms with van der Waals surface area (Å²) in [5.41, 5.74) is 1.17. The van der Waals surface area contributed by atoms with Gasteiger partial charge >= 0.3 is 11.8 Å². The number of rotatable bonds is 2. The number of nitrogens with zero attached hydrogens (tertiary/aromatic N) is 3. The highest BCUT2D eigenvalue weighted by Gasteiger charge is 2.63. The minimum atomic E-state index is -0.941. The Balaban J connectivity index is 1.53. The van der Waals surface area contributed by atoms with E-state index in [1.165, 1.54) is 9.47 Å². The van der Waals surface area contributed by atoms with Crippen molar-refractivity contribution in [3.05, 3.63) is 34.2 Å². The van der Waals surface area contributed by atoms with E-state index in [0.717, 1.165) is 11.1 Å². The highest BCUT2D eigenvalue weighted by molar-refractivity contribution is 6.00. The molecule has 0 saturated carbocycles. The van der Waals surface area contributed by atoms with Crippen molar-refractivity contribution in [1.29, 1.82) is 0 Å². The van der Waals surface area contributed by atoms with Crippen molar-refractivity contribution >= 4 is 28.9 Å². The number of carbonyl (C=O) groups excluding carboxylic acids is 2. The van der Waals surface area contributed by atoms with Gasteiger partial charge in [0.05, 0.1) is 30.2 Å². The minimum absolute atomic E-state index is 0.0206. The summed E-state index contributed by atoms with van der Waals surface area (Å²) >= 11 is 0. The van der Waals surface area contributed by atoms with E-state index in [1.807, 2.05) is 39.0 Å². The number of amides is 3. The summed E-state index contributed by atoms with van der Waals surface area (Å²) in [4.78, 5) is 50.6. The van der Waals surface area contributed by atoms with Crippen LogP contribution in [0.25, 0.3) is 11.0 Å². The predicted octanol–water partition coefficient (Wildman–Crippen LogP) is 1.97. The van der Waals surface area contributed by atoms with E-state index < -0.39 is 23.6 Å². The second-order valence-electron chi connectivity index (χ2n) is 10.8. The molecule has 182 valence electrons. The van der Waals surface area contributed by atoms with Crippen LogP contribution in [-0.4, -0.2) is 61.8 Å². The highest BCUT2D eigenvalue weighted by Crippen LogP contribution is 2.52. The molecule has 4 unspecified atom stereocenters. The summed E-state index contributed by atoms with van der Waals surface area (Å²) in [5, 5.41) is 12.0. The fourth-order valence-corrected chi connectivity index (χ4v) is 6.40. The summed E-state index contributed by atoms with van der Waals surface area (Å²) in [6.45, 7) is 6.82. The Morgan fingerprint density at radius 1 is 1.24 bits per heavy atom. The van der Waals surface area contributed by atoms with Crippen molar-refractivity contribution in [1.82, 2.24) is 19.4 Å². The van der Waals surface area contributed by atoms with Gasteiger partial charge < -0.3 is 9.84 Å². The Bertz CT molecular complexity index is 1270. The Hall–Kier alpha value is -3.14. The molecule has 10 nitrogen and oxygen atoms in total. The molecule has 1 aromatic heterocycles. The van der Waals surface area contributed by atoms with E-state index in [2.05, 4.69) is 5.32 Å². The van der Waals surface area contributed by atoms with E-state index in [4.69, 9.17) is 4.74 Å². The molecule has 34 heavy (non-hydrogen) atoms. The number of hydrogen-bond acceptors (Lipinski definition) is 5. The molecule has 3 fully saturated rings. The van der Waals surface area contributed by atoms with Crippen LogP contribution in [-0.2, 0) is 21.4 Å². The van der Waals surface area contributed by atoms with E-state index in [1.54, 1.807) is 11.6 Å². The van der Waals surface area contributed by atoms with Crippen molar-refractivity contribution in [2.24, 2.45) is 12.5 Å². The molecule has 10 heteroatoms. The van der Waals surface area contributed by atoms with Gasteiger partial charge in [-0.05, 0) is 29.9 Å². The molecular weight excluding hydrogens is 440 g/mol. The number of ether oxygens (including phenoxy) is 1. The van der Waals surface area contributed by atoms with Gasteiger partial charge in [-0.2, -0.15) is 0 Å². The van der Waals surface area contributed by atoms with Crippen LogP contribution in [0.2, 0.25) is 0 Å². The lowest BCUT2D eigenvalue weighted by Gasteiger charge is -2.58. The van der Waals surface area contributed by atoms with E-state index in [9.17, 15) is 24.3 Å². The average molecular weight is 471 g/mol. The van der Waals surface area contributed by atoms with Gasteiger partial charge in [0, 0.05) is 19.4 Å². The Kier molecular flexibility index (Phi) is 4.95. The van der Waals surface area contributed by atoms with Crippen molar-refractivity contribution in [2.75, 3.05) is 13.2 Å². The molecule has 3 aliphatic heterocycles. The van der Waals surface area contributed by atoms with Gasteiger partial charge in [-0.1, -0.05) is 32.9 Å². The molecule has 3 saturated heterocycles. The Morgan fingerprint density at radius 2 is 1.97 bits per heavy atom. The van der Waals surface area contributed by atoms with Gasteiger partial charge in [-0.15, -0.1) is 0 Å². The van der Waals surface area contributed by atoms with Crippen LogP contribution in [0.3, 0.4) is 0 Å². The maximum atomic E-state index is 13.2. The maximum Gasteiger partial charge on any atom is 0.407 e. The number of likely N-dealkylation sites (tertiary alicyclic amines) is 1. The zero-order valence-corrected chi connectivity index (χ0v) is 19.8. The van der Waals surface area contributed by atoms with Gasteiger partial charge in [-0.3, -0.25) is 28.9 Å². The van der Waals surface area contributed by atoms with Crippen molar-refractivity contribution in [3.63, 3.8) is 0 Å². The predicted molar refractivity (Wildman–Crippen MR) is 123 cm³/mol. The largest absolute Gasteiger partial charge is 0.465 e. The molecule has 5 rings (SSSR count). The standard InChI is InChI=1S/C24H30N4O6/c1-23(2,3)20-24(12-27(20)22(32)33)10-13(11-34-24)14-6-5-7-15-18(14)26(4)21(31)28(15)16-8-9-17(29)25-19(16)30/h5-7,13,16,20H,8-12H2,1-4H3,(H,32,33)(H,25,29,30). The van der Waals surface area contributed by atoms with Crippen molar-refractivity contribution < 1.29 is 24.2 Å². The van der Waals surface area contributed by atoms with E-state index in [0.29, 0.717) is 25.1 Å². The third kappa shape index (κ3) is 3.19. The van der Waals surface area contributed by atoms with Crippen LogP contribution in [0, 0.1) is 5.41 Å². The summed E-state index contributed by atoms with van der Waals surface area (Å²) in [6, 6.07) is 4.66. The number of hydrogen-bond donors (Lipinski definition) is 2. The molecule has 1 spiro atoms. The second-order valence-corrected chi connectivity index (χ2v) is 10.8. The van der Waals surface area contributed by atoms with E-state index in [-0.39, 0.29) is 41.8 Å². The first-order valence-electron chi connectivity index (χ1n) is 11.6. The number of imide groups is 1. The summed E-state index contributed by atoms with van der Waals surface area (Å²) in [7, 11) is 1.69. The first kappa shape index (κ1) is 22.6. The lowest BCUT2D eigenvalue weighted by Crippen LogP contribution is -2.74. The highest BCUT2D eigenvalue weighted by atomic mass is 16.5. The Morgan fingerprint density at radius 3 is 2.62 bits per heavy atom. The zero-order valence-electron chi connectivity index (χ0n) is 19.8. The van der Waals surface area contributed by atoms with Crippen LogP contribution in [0.4, 0.5) is 4.79 Å². The summed E-state index contributed by atoms with van der Waals surface area (Å²) in [6.07, 6.45) is 0.173. The van der Waals surface area contributed by atoms with Crippen molar-refractivity contribution in [2.45, 2.75) is 63.6 Å². The molecule has 2 aromatic rings. The zero-order chi connectivity index (χ0) is 24.6. The number of aromatic nitrogens is 2. The average Bonchev–Trinajstić information content (AvgIpc) is 3.28. The molecule has 3 aliphatic rings. The number of aryl methyl sites for hydroxylation is 1. The number of fused-ring (bicyclic) bond motifs is 1. The summed E-state index contributed by atoms with van der Waals surface area (Å²) < 4.78 is 9.38. The fraction of sp³-hybridized carbons (Fsp3) is 0.583. The van der Waals surface area contributed by atoms with Crippen LogP contribution >= 0.6 is 0 Å². The number of nitrogens with one attached hydrogen (secondary N) is 1. The van der Waals surface area contributed by atoms with Crippen molar-refractivity contribution in [3.8, 4) is 0 Å². The number of carbonyl (C=O) groups is 3. The first-order valence-corrected chi connectivity index (χ1v) is 11.6. The Labute approximate surface area is 196 Å². The molecule has 4 atom stereocenters. The van der Waals surface area contributed by atoms with Gasteiger partial charge in [0.25, 0.3) is 0 Å². The van der Waals surface area contributed by atoms with Gasteiger partial charge in [0.2, 0.25) is 11.8 Å². The second kappa shape index (κ2) is 7.43. The molecule has 0 bridgehead atoms. The monoisotopic (exact) mass is 470 g/mol. The molecule has 0 radical (unpaired) electrons. The number of imidazole rings is 1. The van der Waals surface area contributed by atoms with Gasteiger partial charge in [-0.25, -0.2) is 9.59 Å². The van der Waals surface area contributed by atoms with Gasteiger partial charge in [0.1, 0.15) is 11.6 Å². The quantitative estimate of drug-likeness (QED) is 0.647. The third-order valence-corrected chi connectivity index (χ3v) is 7.57. The van der Waals surface area contributed by atoms with Crippen LogP contribution in [0.1, 0.15) is 57.6 Å². The minimum Gasteiger partial charge on any atom is -0.465 e. The molecule has 1 aromatic carbocycles.